The summed E-state index contributed by atoms with van der Waals surface area (Å²) in [5, 5.41) is 4.80. The Balaban J connectivity index is 1.62. The lowest BCUT2D eigenvalue weighted by atomic mass is 10.1. The van der Waals surface area contributed by atoms with Gasteiger partial charge in [-0.15, -0.1) is 0 Å². The fourth-order valence-corrected chi connectivity index (χ4v) is 4.78. The molecule has 172 valence electrons. The van der Waals surface area contributed by atoms with Crippen LogP contribution in [0.2, 0.25) is 0 Å². The highest BCUT2D eigenvalue weighted by Crippen LogP contribution is 2.24. The number of sulfonamides is 1. The van der Waals surface area contributed by atoms with Crippen LogP contribution in [0.3, 0.4) is 0 Å². The molecule has 2 aromatic rings. The molecule has 1 unspecified atom stereocenters. The van der Waals surface area contributed by atoms with E-state index < -0.39 is 44.6 Å². The van der Waals surface area contributed by atoms with Crippen LogP contribution < -0.4 is 10.6 Å². The van der Waals surface area contributed by atoms with Crippen LogP contribution in [-0.4, -0.2) is 50.5 Å². The van der Waals surface area contributed by atoms with E-state index in [4.69, 9.17) is 4.74 Å². The zero-order valence-electron chi connectivity index (χ0n) is 17.3. The standard InChI is InChI=1S/C21H23F2N3O5S/c1-14-3-5-15(6-4-14)12-24-20(27)21(28)25-13-19-26(9-2-10-31-19)32(29,30)18-11-16(22)7-8-17(18)23/h3-8,11,19H,2,9-10,12-13H2,1H3,(H,24,27)(H,25,28). The third-order valence-corrected chi connectivity index (χ3v) is 6.76. The molecule has 1 fully saturated rings. The van der Waals surface area contributed by atoms with E-state index in [-0.39, 0.29) is 26.2 Å². The van der Waals surface area contributed by atoms with Crippen molar-refractivity contribution in [2.24, 2.45) is 0 Å². The highest BCUT2D eigenvalue weighted by Gasteiger charge is 2.36. The Bertz CT molecular complexity index is 1090. The molecule has 0 saturated carbocycles. The lowest BCUT2D eigenvalue weighted by molar-refractivity contribution is -0.140. The second-order valence-electron chi connectivity index (χ2n) is 7.25. The van der Waals surface area contributed by atoms with Gasteiger partial charge in [-0.05, 0) is 37.1 Å². The van der Waals surface area contributed by atoms with Crippen LogP contribution in [0, 0.1) is 18.6 Å². The van der Waals surface area contributed by atoms with Gasteiger partial charge in [0.1, 0.15) is 22.8 Å². The van der Waals surface area contributed by atoms with Crippen LogP contribution in [0.25, 0.3) is 0 Å². The summed E-state index contributed by atoms with van der Waals surface area (Å²) < 4.78 is 59.6. The van der Waals surface area contributed by atoms with Gasteiger partial charge in [-0.3, -0.25) is 9.59 Å². The first kappa shape index (κ1) is 23.8. The van der Waals surface area contributed by atoms with Crippen LogP contribution >= 0.6 is 0 Å². The maximum atomic E-state index is 14.1. The predicted molar refractivity (Wildman–Crippen MR) is 111 cm³/mol. The quantitative estimate of drug-likeness (QED) is 0.626. The minimum Gasteiger partial charge on any atom is -0.360 e. The average Bonchev–Trinajstić information content (AvgIpc) is 2.78. The highest BCUT2D eigenvalue weighted by atomic mass is 32.2. The van der Waals surface area contributed by atoms with Crippen molar-refractivity contribution in [1.82, 2.24) is 14.9 Å². The number of rotatable bonds is 6. The number of halogens is 2. The maximum absolute atomic E-state index is 14.1. The van der Waals surface area contributed by atoms with Gasteiger partial charge in [-0.2, -0.15) is 4.31 Å². The van der Waals surface area contributed by atoms with Gasteiger partial charge >= 0.3 is 11.8 Å². The summed E-state index contributed by atoms with van der Waals surface area (Å²) in [4.78, 5) is 23.4. The lowest BCUT2D eigenvalue weighted by Crippen LogP contribution is -2.53. The lowest BCUT2D eigenvalue weighted by Gasteiger charge is -2.34. The molecule has 11 heteroatoms. The molecule has 1 atom stereocenters. The van der Waals surface area contributed by atoms with Gasteiger partial charge in [0, 0.05) is 13.1 Å². The number of aryl methyl sites for hydroxylation is 1. The van der Waals surface area contributed by atoms with Crippen molar-refractivity contribution in [3.05, 3.63) is 65.2 Å². The molecule has 0 spiro atoms. The Morgan fingerprint density at radius 1 is 1.09 bits per heavy atom. The van der Waals surface area contributed by atoms with Crippen LogP contribution in [0.15, 0.2) is 47.4 Å². The van der Waals surface area contributed by atoms with Gasteiger partial charge in [0.2, 0.25) is 10.0 Å². The molecule has 0 aliphatic carbocycles. The molecule has 1 aliphatic rings. The van der Waals surface area contributed by atoms with E-state index in [9.17, 15) is 26.8 Å². The number of carbonyl (C=O) groups excluding carboxylic acids is 2. The first-order valence-electron chi connectivity index (χ1n) is 9.88. The van der Waals surface area contributed by atoms with Gasteiger partial charge in [-0.25, -0.2) is 17.2 Å². The molecular weight excluding hydrogens is 444 g/mol. The van der Waals surface area contributed by atoms with Crippen molar-refractivity contribution in [3.8, 4) is 0 Å². The summed E-state index contributed by atoms with van der Waals surface area (Å²) in [7, 11) is -4.44. The minimum absolute atomic E-state index is 0.0154. The maximum Gasteiger partial charge on any atom is 0.309 e. The Labute approximate surface area is 184 Å². The second kappa shape index (κ2) is 10.2. The fourth-order valence-electron chi connectivity index (χ4n) is 3.13. The Kier molecular flexibility index (Phi) is 7.54. The van der Waals surface area contributed by atoms with Crippen molar-refractivity contribution in [2.75, 3.05) is 19.7 Å². The third-order valence-electron chi connectivity index (χ3n) is 4.85. The van der Waals surface area contributed by atoms with Crippen molar-refractivity contribution >= 4 is 21.8 Å². The summed E-state index contributed by atoms with van der Waals surface area (Å²) in [6, 6.07) is 9.51. The van der Waals surface area contributed by atoms with Crippen molar-refractivity contribution in [2.45, 2.75) is 31.0 Å². The van der Waals surface area contributed by atoms with Crippen molar-refractivity contribution < 1.29 is 31.5 Å². The zero-order chi connectivity index (χ0) is 23.3. The van der Waals surface area contributed by atoms with E-state index >= 15 is 0 Å². The summed E-state index contributed by atoms with van der Waals surface area (Å²) in [5.41, 5.74) is 1.87. The van der Waals surface area contributed by atoms with Crippen molar-refractivity contribution in [3.63, 3.8) is 0 Å². The SMILES string of the molecule is Cc1ccc(CNC(=O)C(=O)NCC2OCCCN2S(=O)(=O)c2cc(F)ccc2F)cc1. The molecule has 2 aromatic carbocycles. The third kappa shape index (κ3) is 5.67. The molecule has 0 radical (unpaired) electrons. The number of benzene rings is 2. The van der Waals surface area contributed by atoms with Crippen LogP contribution in [0.5, 0.6) is 0 Å². The van der Waals surface area contributed by atoms with E-state index in [0.29, 0.717) is 12.5 Å². The van der Waals surface area contributed by atoms with Crippen LogP contribution in [-0.2, 0) is 30.9 Å². The van der Waals surface area contributed by atoms with E-state index in [0.717, 1.165) is 27.6 Å². The minimum atomic E-state index is -4.44. The normalized spacial score (nSPS) is 17.0. The average molecular weight is 467 g/mol. The largest absolute Gasteiger partial charge is 0.360 e. The summed E-state index contributed by atoms with van der Waals surface area (Å²) in [6.07, 6.45) is -0.845. The molecule has 32 heavy (non-hydrogen) atoms. The smallest absolute Gasteiger partial charge is 0.309 e. The predicted octanol–water partition coefficient (Wildman–Crippen LogP) is 1.44. The number of nitrogens with zero attached hydrogens (tertiary/aromatic N) is 1. The molecule has 1 aliphatic heterocycles. The van der Waals surface area contributed by atoms with Gasteiger partial charge in [0.25, 0.3) is 0 Å². The van der Waals surface area contributed by atoms with E-state index in [1.165, 1.54) is 0 Å². The van der Waals surface area contributed by atoms with Crippen molar-refractivity contribution in [1.29, 1.82) is 0 Å². The molecular formula is C21H23F2N3O5S. The monoisotopic (exact) mass is 467 g/mol. The van der Waals surface area contributed by atoms with Gasteiger partial charge < -0.3 is 15.4 Å². The molecule has 3 rings (SSSR count). The number of ether oxygens (including phenoxy) is 1. The molecule has 2 N–H and O–H groups in total. The number of carbonyl (C=O) groups is 2. The summed E-state index contributed by atoms with van der Waals surface area (Å²) in [5.74, 6) is -3.87. The first-order chi connectivity index (χ1) is 15.2. The van der Waals surface area contributed by atoms with E-state index in [1.54, 1.807) is 0 Å². The van der Waals surface area contributed by atoms with E-state index in [1.807, 2.05) is 31.2 Å². The topological polar surface area (TPSA) is 105 Å². The van der Waals surface area contributed by atoms with Crippen LogP contribution in [0.4, 0.5) is 8.78 Å². The Morgan fingerprint density at radius 2 is 1.78 bits per heavy atom. The molecule has 0 bridgehead atoms. The molecule has 2 amide bonds. The fraction of sp³-hybridized carbons (Fsp3) is 0.333. The second-order valence-corrected chi connectivity index (χ2v) is 9.11. The number of nitrogens with one attached hydrogen (secondary N) is 2. The van der Waals surface area contributed by atoms with E-state index in [2.05, 4.69) is 10.6 Å². The van der Waals surface area contributed by atoms with Crippen LogP contribution in [0.1, 0.15) is 17.5 Å². The Morgan fingerprint density at radius 3 is 2.50 bits per heavy atom. The summed E-state index contributed by atoms with van der Waals surface area (Å²) in [6.45, 7) is 1.92. The zero-order valence-corrected chi connectivity index (χ0v) is 18.1. The molecule has 1 saturated heterocycles. The van der Waals surface area contributed by atoms with Gasteiger partial charge in [0.05, 0.1) is 13.2 Å². The first-order valence-corrected chi connectivity index (χ1v) is 11.3. The van der Waals surface area contributed by atoms with Gasteiger partial charge in [0.15, 0.2) is 0 Å². The number of amides is 2. The van der Waals surface area contributed by atoms with Gasteiger partial charge in [-0.1, -0.05) is 29.8 Å². The molecule has 1 heterocycles. The number of hydrogen-bond donors (Lipinski definition) is 2. The highest BCUT2D eigenvalue weighted by molar-refractivity contribution is 7.89. The summed E-state index contributed by atoms with van der Waals surface area (Å²) >= 11 is 0. The number of hydrogen-bond acceptors (Lipinski definition) is 5. The molecule has 0 aromatic heterocycles. The Hall–Kier alpha value is -2.89. The molecule has 8 nitrogen and oxygen atoms in total.